The molecule has 0 atom stereocenters. The van der Waals surface area contributed by atoms with Crippen LogP contribution in [0, 0.1) is 6.92 Å². The Bertz CT molecular complexity index is 618. The van der Waals surface area contributed by atoms with Gasteiger partial charge in [0.1, 0.15) is 0 Å². The standard InChI is InChI=1S/C12H12BrN3OS3/c1-7-5-8(3-4-9(7)13)14-10(17)6-19-12-16-15-11(18-2)20-12/h3-5H,6H2,1-2H3,(H,14,17). The Morgan fingerprint density at radius 3 is 2.80 bits per heavy atom. The molecule has 8 heteroatoms. The van der Waals surface area contributed by atoms with Gasteiger partial charge >= 0.3 is 0 Å². The Hall–Kier alpha value is -0.570. The van der Waals surface area contributed by atoms with Gasteiger partial charge in [-0.25, -0.2) is 0 Å². The molecule has 1 amide bonds. The number of aryl methyl sites for hydroxylation is 1. The van der Waals surface area contributed by atoms with Crippen molar-refractivity contribution in [1.29, 1.82) is 0 Å². The largest absolute Gasteiger partial charge is 0.325 e. The van der Waals surface area contributed by atoms with Gasteiger partial charge in [0, 0.05) is 10.2 Å². The van der Waals surface area contributed by atoms with Gasteiger partial charge in [0.15, 0.2) is 8.68 Å². The summed E-state index contributed by atoms with van der Waals surface area (Å²) >= 11 is 7.89. The first kappa shape index (κ1) is 15.8. The number of anilines is 1. The van der Waals surface area contributed by atoms with Gasteiger partial charge in [0.25, 0.3) is 0 Å². The molecule has 4 nitrogen and oxygen atoms in total. The smallest absolute Gasteiger partial charge is 0.234 e. The Kier molecular flexibility index (Phi) is 5.88. The summed E-state index contributed by atoms with van der Waals surface area (Å²) < 4.78 is 2.76. The third-order valence-corrected chi connectivity index (χ3v) is 6.25. The van der Waals surface area contributed by atoms with Crippen molar-refractivity contribution in [2.45, 2.75) is 15.6 Å². The second kappa shape index (κ2) is 7.44. The molecule has 1 N–H and O–H groups in total. The molecule has 0 aliphatic rings. The first-order valence-corrected chi connectivity index (χ1v) is 9.47. The zero-order chi connectivity index (χ0) is 14.5. The second-order valence-corrected chi connectivity index (χ2v) is 7.95. The second-order valence-electron chi connectivity index (χ2n) is 3.84. The Morgan fingerprint density at radius 1 is 1.40 bits per heavy atom. The molecule has 2 aromatic rings. The quantitative estimate of drug-likeness (QED) is 0.781. The van der Waals surface area contributed by atoms with Crippen molar-refractivity contribution in [1.82, 2.24) is 10.2 Å². The summed E-state index contributed by atoms with van der Waals surface area (Å²) in [5, 5.41) is 10.9. The van der Waals surface area contributed by atoms with Gasteiger partial charge in [-0.1, -0.05) is 50.8 Å². The van der Waals surface area contributed by atoms with Gasteiger partial charge in [-0.2, -0.15) is 0 Å². The van der Waals surface area contributed by atoms with Crippen LogP contribution in [0.5, 0.6) is 0 Å². The van der Waals surface area contributed by atoms with E-state index in [2.05, 4.69) is 31.4 Å². The van der Waals surface area contributed by atoms with E-state index in [0.717, 1.165) is 24.4 Å². The predicted molar refractivity (Wildman–Crippen MR) is 89.9 cm³/mol. The fourth-order valence-corrected chi connectivity index (χ4v) is 3.87. The number of nitrogens with one attached hydrogen (secondary N) is 1. The number of thioether (sulfide) groups is 2. The van der Waals surface area contributed by atoms with Crippen LogP contribution < -0.4 is 5.32 Å². The van der Waals surface area contributed by atoms with E-state index >= 15 is 0 Å². The van der Waals surface area contributed by atoms with Crippen molar-refractivity contribution in [3.8, 4) is 0 Å². The fraction of sp³-hybridized carbons (Fsp3) is 0.250. The highest BCUT2D eigenvalue weighted by Gasteiger charge is 2.08. The van der Waals surface area contributed by atoms with E-state index in [1.165, 1.54) is 23.1 Å². The number of amides is 1. The normalized spacial score (nSPS) is 10.6. The maximum Gasteiger partial charge on any atom is 0.234 e. The molecule has 2 rings (SSSR count). The number of halogens is 1. The van der Waals surface area contributed by atoms with E-state index in [1.54, 1.807) is 11.8 Å². The maximum absolute atomic E-state index is 11.9. The van der Waals surface area contributed by atoms with E-state index in [-0.39, 0.29) is 5.91 Å². The number of hydrogen-bond acceptors (Lipinski definition) is 6. The van der Waals surface area contributed by atoms with E-state index in [1.807, 2.05) is 31.4 Å². The molecule has 0 aliphatic heterocycles. The molecule has 106 valence electrons. The lowest BCUT2D eigenvalue weighted by Gasteiger charge is -2.06. The SMILES string of the molecule is CSc1nnc(SCC(=O)Nc2ccc(Br)c(C)c2)s1. The molecular weight excluding hydrogens is 378 g/mol. The van der Waals surface area contributed by atoms with Gasteiger partial charge < -0.3 is 5.32 Å². The zero-order valence-corrected chi connectivity index (χ0v) is 14.9. The summed E-state index contributed by atoms with van der Waals surface area (Å²) in [4.78, 5) is 11.9. The summed E-state index contributed by atoms with van der Waals surface area (Å²) in [7, 11) is 0. The van der Waals surface area contributed by atoms with Gasteiger partial charge in [0.05, 0.1) is 5.75 Å². The first-order valence-electron chi connectivity index (χ1n) is 5.65. The highest BCUT2D eigenvalue weighted by molar-refractivity contribution is 9.10. The Labute approximate surface area is 138 Å². The number of hydrogen-bond donors (Lipinski definition) is 1. The molecule has 20 heavy (non-hydrogen) atoms. The van der Waals surface area contributed by atoms with Crippen molar-refractivity contribution in [3.05, 3.63) is 28.2 Å². The minimum atomic E-state index is -0.0439. The van der Waals surface area contributed by atoms with Crippen molar-refractivity contribution < 1.29 is 4.79 Å². The summed E-state index contributed by atoms with van der Waals surface area (Å²) in [5.74, 6) is 0.288. The molecule has 0 radical (unpaired) electrons. The predicted octanol–water partition coefficient (Wildman–Crippen LogP) is 4.06. The van der Waals surface area contributed by atoms with Gasteiger partial charge in [-0.05, 0) is 36.9 Å². The van der Waals surface area contributed by atoms with Crippen molar-refractivity contribution in [2.24, 2.45) is 0 Å². The van der Waals surface area contributed by atoms with Crippen LogP contribution in [0.1, 0.15) is 5.56 Å². The first-order chi connectivity index (χ1) is 9.58. The van der Waals surface area contributed by atoms with Crippen molar-refractivity contribution in [2.75, 3.05) is 17.3 Å². The molecule has 1 heterocycles. The summed E-state index contributed by atoms with van der Waals surface area (Å²) in [6.45, 7) is 1.99. The summed E-state index contributed by atoms with van der Waals surface area (Å²) in [5.41, 5.74) is 1.89. The van der Waals surface area contributed by atoms with Crippen molar-refractivity contribution in [3.63, 3.8) is 0 Å². The van der Waals surface area contributed by atoms with Crippen LogP contribution in [0.3, 0.4) is 0 Å². The van der Waals surface area contributed by atoms with Crippen LogP contribution in [-0.2, 0) is 4.79 Å². The number of nitrogens with zero attached hydrogens (tertiary/aromatic N) is 2. The summed E-state index contributed by atoms with van der Waals surface area (Å²) in [6, 6.07) is 5.73. The molecule has 0 spiro atoms. The van der Waals surface area contributed by atoms with Crippen LogP contribution in [-0.4, -0.2) is 28.1 Å². The third-order valence-electron chi connectivity index (χ3n) is 2.33. The van der Waals surface area contributed by atoms with Crippen LogP contribution in [0.15, 0.2) is 31.4 Å². The molecule has 1 aromatic carbocycles. The molecule has 0 saturated heterocycles. The molecule has 0 unspecified atom stereocenters. The third kappa shape index (κ3) is 4.47. The number of benzene rings is 1. The van der Waals surface area contributed by atoms with E-state index < -0.39 is 0 Å². The van der Waals surface area contributed by atoms with Crippen LogP contribution in [0.25, 0.3) is 0 Å². The average Bonchev–Trinajstić information content (AvgIpc) is 2.89. The number of aromatic nitrogens is 2. The minimum absolute atomic E-state index is 0.0439. The topological polar surface area (TPSA) is 54.9 Å². The molecule has 0 bridgehead atoms. The Morgan fingerprint density at radius 2 is 2.15 bits per heavy atom. The van der Waals surface area contributed by atoms with Gasteiger partial charge in [-0.3, -0.25) is 4.79 Å². The minimum Gasteiger partial charge on any atom is -0.325 e. The van der Waals surface area contributed by atoms with Gasteiger partial charge in [-0.15, -0.1) is 10.2 Å². The van der Waals surface area contributed by atoms with E-state index in [0.29, 0.717) is 5.75 Å². The number of rotatable bonds is 5. The molecule has 0 aliphatic carbocycles. The molecule has 1 aromatic heterocycles. The molecule has 0 saturated carbocycles. The molecular formula is C12H12BrN3OS3. The highest BCUT2D eigenvalue weighted by Crippen LogP contribution is 2.27. The highest BCUT2D eigenvalue weighted by atomic mass is 79.9. The van der Waals surface area contributed by atoms with Crippen molar-refractivity contribution >= 4 is 62.4 Å². The number of carbonyl (C=O) groups is 1. The molecule has 0 fully saturated rings. The maximum atomic E-state index is 11.9. The van der Waals surface area contributed by atoms with E-state index in [4.69, 9.17) is 0 Å². The van der Waals surface area contributed by atoms with Crippen LogP contribution in [0.2, 0.25) is 0 Å². The van der Waals surface area contributed by atoms with Crippen LogP contribution in [0.4, 0.5) is 5.69 Å². The zero-order valence-electron chi connectivity index (χ0n) is 10.8. The monoisotopic (exact) mass is 389 g/mol. The lowest BCUT2D eigenvalue weighted by molar-refractivity contribution is -0.113. The van der Waals surface area contributed by atoms with Gasteiger partial charge in [0.2, 0.25) is 5.91 Å². The number of carbonyl (C=O) groups excluding carboxylic acids is 1. The fourth-order valence-electron chi connectivity index (χ4n) is 1.38. The summed E-state index contributed by atoms with van der Waals surface area (Å²) in [6.07, 6.45) is 1.96. The van der Waals surface area contributed by atoms with Crippen LogP contribution >= 0.6 is 50.8 Å². The lowest BCUT2D eigenvalue weighted by atomic mass is 10.2. The Balaban J connectivity index is 1.87. The average molecular weight is 390 g/mol. The lowest BCUT2D eigenvalue weighted by Crippen LogP contribution is -2.14. The van der Waals surface area contributed by atoms with E-state index in [9.17, 15) is 4.79 Å².